The van der Waals surface area contributed by atoms with Gasteiger partial charge >= 0.3 is 0 Å². The highest BCUT2D eigenvalue weighted by molar-refractivity contribution is 7.90. The van der Waals surface area contributed by atoms with Gasteiger partial charge in [-0.1, -0.05) is 12.1 Å². The number of nitrogens with zero attached hydrogens (tertiary/aromatic N) is 4. The summed E-state index contributed by atoms with van der Waals surface area (Å²) >= 11 is 0. The van der Waals surface area contributed by atoms with Crippen molar-refractivity contribution in [2.24, 2.45) is 0 Å². The van der Waals surface area contributed by atoms with E-state index in [1.165, 1.54) is 30.5 Å². The fourth-order valence-electron chi connectivity index (χ4n) is 4.59. The Morgan fingerprint density at radius 2 is 1.97 bits per heavy atom. The van der Waals surface area contributed by atoms with Gasteiger partial charge in [-0.25, -0.2) is 12.4 Å². The van der Waals surface area contributed by atoms with E-state index in [-0.39, 0.29) is 4.90 Å². The van der Waals surface area contributed by atoms with Crippen LogP contribution in [0.3, 0.4) is 0 Å². The SMILES string of the molecule is COc1ccccc1S(=O)(=O)n1cc(N2CCN3CCCC3C2)c2ncccc21. The first-order valence-electron chi connectivity index (χ1n) is 9.93. The average Bonchev–Trinajstić information content (AvgIpc) is 3.38. The first kappa shape index (κ1) is 18.4. The number of methoxy groups -OCH3 is 1. The van der Waals surface area contributed by atoms with E-state index >= 15 is 0 Å². The number of anilines is 1. The molecule has 152 valence electrons. The van der Waals surface area contributed by atoms with Gasteiger partial charge < -0.3 is 9.64 Å². The fraction of sp³-hybridized carbons (Fsp3) is 0.381. The Labute approximate surface area is 170 Å². The third-order valence-corrected chi connectivity index (χ3v) is 7.75. The molecule has 1 atom stereocenters. The van der Waals surface area contributed by atoms with Crippen LogP contribution < -0.4 is 9.64 Å². The standard InChI is InChI=1S/C21H24N4O3S/c1-28-19-8-2-3-9-20(19)29(26,27)25-15-18(21-17(25)7-4-10-22-21)24-13-12-23-11-5-6-16(23)14-24/h2-4,7-10,15-16H,5-6,11-14H2,1H3. The molecule has 29 heavy (non-hydrogen) atoms. The van der Waals surface area contributed by atoms with E-state index < -0.39 is 10.0 Å². The molecule has 0 bridgehead atoms. The van der Waals surface area contributed by atoms with Crippen molar-refractivity contribution in [3.63, 3.8) is 0 Å². The van der Waals surface area contributed by atoms with E-state index in [2.05, 4.69) is 14.8 Å². The predicted octanol–water partition coefficient (Wildman–Crippen LogP) is 2.57. The molecular weight excluding hydrogens is 388 g/mol. The fourth-order valence-corrected chi connectivity index (χ4v) is 6.10. The van der Waals surface area contributed by atoms with E-state index in [1.807, 2.05) is 6.07 Å². The highest BCUT2D eigenvalue weighted by atomic mass is 32.2. The van der Waals surface area contributed by atoms with E-state index in [1.54, 1.807) is 42.7 Å². The Hall–Kier alpha value is -2.58. The molecule has 2 fully saturated rings. The van der Waals surface area contributed by atoms with Gasteiger partial charge in [-0.3, -0.25) is 9.88 Å². The summed E-state index contributed by atoms with van der Waals surface area (Å²) in [6, 6.07) is 10.8. The summed E-state index contributed by atoms with van der Waals surface area (Å²) in [5, 5.41) is 0. The van der Waals surface area contributed by atoms with Crippen LogP contribution in [0.15, 0.2) is 53.7 Å². The number of ether oxygens (including phenoxy) is 1. The number of para-hydroxylation sites is 1. The molecule has 4 heterocycles. The molecule has 8 heteroatoms. The molecule has 0 spiro atoms. The molecule has 0 amide bonds. The molecule has 7 nitrogen and oxygen atoms in total. The summed E-state index contributed by atoms with van der Waals surface area (Å²) in [5.74, 6) is 0.333. The van der Waals surface area contributed by atoms with Gasteiger partial charge in [0, 0.05) is 38.1 Å². The Bertz CT molecular complexity index is 1160. The minimum atomic E-state index is -3.83. The molecule has 0 radical (unpaired) electrons. The van der Waals surface area contributed by atoms with Crippen LogP contribution in [0, 0.1) is 0 Å². The topological polar surface area (TPSA) is 67.7 Å². The summed E-state index contributed by atoms with van der Waals surface area (Å²) in [5.41, 5.74) is 2.19. The highest BCUT2D eigenvalue weighted by Gasteiger charge is 2.33. The zero-order chi connectivity index (χ0) is 20.0. The zero-order valence-electron chi connectivity index (χ0n) is 16.4. The van der Waals surface area contributed by atoms with Gasteiger partial charge in [0.1, 0.15) is 16.2 Å². The summed E-state index contributed by atoms with van der Waals surface area (Å²) in [4.78, 5) is 9.51. The Kier molecular flexibility index (Phi) is 4.48. The van der Waals surface area contributed by atoms with Gasteiger partial charge in [-0.15, -0.1) is 0 Å². The Morgan fingerprint density at radius 3 is 2.83 bits per heavy atom. The molecule has 0 saturated carbocycles. The molecular formula is C21H24N4O3S. The van der Waals surface area contributed by atoms with Gasteiger partial charge in [0.2, 0.25) is 0 Å². The van der Waals surface area contributed by atoms with Crippen molar-refractivity contribution >= 4 is 26.7 Å². The lowest BCUT2D eigenvalue weighted by molar-refractivity contribution is 0.231. The van der Waals surface area contributed by atoms with Crippen molar-refractivity contribution in [1.29, 1.82) is 0 Å². The van der Waals surface area contributed by atoms with Gasteiger partial charge in [-0.05, 0) is 43.7 Å². The molecule has 2 saturated heterocycles. The Balaban J connectivity index is 1.62. The molecule has 5 rings (SSSR count). The zero-order valence-corrected chi connectivity index (χ0v) is 17.2. The van der Waals surface area contributed by atoms with Crippen molar-refractivity contribution in [3.8, 4) is 5.75 Å². The van der Waals surface area contributed by atoms with Crippen molar-refractivity contribution in [2.45, 2.75) is 23.8 Å². The van der Waals surface area contributed by atoms with Gasteiger partial charge in [0.15, 0.2) is 0 Å². The molecule has 2 aliphatic rings. The summed E-state index contributed by atoms with van der Waals surface area (Å²) in [7, 11) is -2.35. The predicted molar refractivity (Wildman–Crippen MR) is 112 cm³/mol. The molecule has 1 unspecified atom stereocenters. The van der Waals surface area contributed by atoms with E-state index in [0.717, 1.165) is 30.8 Å². The molecule has 2 aromatic heterocycles. The minimum absolute atomic E-state index is 0.149. The lowest BCUT2D eigenvalue weighted by Crippen LogP contribution is -2.50. The first-order valence-corrected chi connectivity index (χ1v) is 11.4. The number of hydrogen-bond donors (Lipinski definition) is 0. The van der Waals surface area contributed by atoms with E-state index in [9.17, 15) is 8.42 Å². The number of rotatable bonds is 4. The number of fused-ring (bicyclic) bond motifs is 2. The van der Waals surface area contributed by atoms with Crippen molar-refractivity contribution in [3.05, 3.63) is 48.8 Å². The second-order valence-electron chi connectivity index (χ2n) is 7.62. The van der Waals surface area contributed by atoms with Crippen molar-refractivity contribution in [1.82, 2.24) is 13.9 Å². The quantitative estimate of drug-likeness (QED) is 0.656. The van der Waals surface area contributed by atoms with Crippen LogP contribution in [0.1, 0.15) is 12.8 Å². The van der Waals surface area contributed by atoms with Crippen LogP contribution in [0.5, 0.6) is 5.75 Å². The van der Waals surface area contributed by atoms with Crippen molar-refractivity contribution < 1.29 is 13.2 Å². The maximum atomic E-state index is 13.5. The van der Waals surface area contributed by atoms with Crippen LogP contribution in [0.2, 0.25) is 0 Å². The number of aromatic nitrogens is 2. The third-order valence-electron chi connectivity index (χ3n) is 6.04. The van der Waals surface area contributed by atoms with Crippen LogP contribution in [0.25, 0.3) is 11.0 Å². The lowest BCUT2D eigenvalue weighted by atomic mass is 10.1. The van der Waals surface area contributed by atoms with Gasteiger partial charge in [0.25, 0.3) is 10.0 Å². The second-order valence-corrected chi connectivity index (χ2v) is 9.40. The maximum absolute atomic E-state index is 13.5. The van der Waals surface area contributed by atoms with Crippen molar-refractivity contribution in [2.75, 3.05) is 38.2 Å². The number of piperazine rings is 1. The minimum Gasteiger partial charge on any atom is -0.495 e. The lowest BCUT2D eigenvalue weighted by Gasteiger charge is -2.38. The molecule has 0 aliphatic carbocycles. The van der Waals surface area contributed by atoms with Crippen LogP contribution in [-0.2, 0) is 10.0 Å². The summed E-state index contributed by atoms with van der Waals surface area (Å²) in [6.45, 7) is 3.95. The molecule has 2 aliphatic heterocycles. The van der Waals surface area contributed by atoms with E-state index in [4.69, 9.17) is 4.74 Å². The maximum Gasteiger partial charge on any atom is 0.271 e. The second kappa shape index (κ2) is 7.03. The number of benzene rings is 1. The molecule has 0 N–H and O–H groups in total. The number of hydrogen-bond acceptors (Lipinski definition) is 6. The molecule has 1 aromatic carbocycles. The van der Waals surface area contributed by atoms with Gasteiger partial charge in [0.05, 0.1) is 18.3 Å². The average molecular weight is 413 g/mol. The van der Waals surface area contributed by atoms with Crippen LogP contribution >= 0.6 is 0 Å². The normalized spacial score (nSPS) is 20.2. The van der Waals surface area contributed by atoms with Gasteiger partial charge in [-0.2, -0.15) is 0 Å². The van der Waals surface area contributed by atoms with E-state index in [0.29, 0.717) is 17.3 Å². The molecule has 3 aromatic rings. The Morgan fingerprint density at radius 1 is 1.10 bits per heavy atom. The highest BCUT2D eigenvalue weighted by Crippen LogP contribution is 2.35. The summed E-state index contributed by atoms with van der Waals surface area (Å²) in [6.07, 6.45) is 5.88. The third kappa shape index (κ3) is 2.98. The van der Waals surface area contributed by atoms with Crippen LogP contribution in [-0.4, -0.2) is 61.6 Å². The monoisotopic (exact) mass is 412 g/mol. The number of pyridine rings is 1. The first-order chi connectivity index (χ1) is 14.1. The summed E-state index contributed by atoms with van der Waals surface area (Å²) < 4.78 is 33.7. The van der Waals surface area contributed by atoms with Crippen LogP contribution in [0.4, 0.5) is 5.69 Å². The largest absolute Gasteiger partial charge is 0.495 e. The smallest absolute Gasteiger partial charge is 0.271 e.